The van der Waals surface area contributed by atoms with Crippen molar-refractivity contribution in [1.29, 1.82) is 0 Å². The van der Waals surface area contributed by atoms with E-state index in [9.17, 15) is 18.4 Å². The van der Waals surface area contributed by atoms with Crippen LogP contribution in [0.3, 0.4) is 0 Å². The topological polar surface area (TPSA) is 82.1 Å². The van der Waals surface area contributed by atoms with Crippen LogP contribution in [0.2, 0.25) is 0 Å². The van der Waals surface area contributed by atoms with Crippen molar-refractivity contribution in [2.24, 2.45) is 0 Å². The Balaban J connectivity index is 1.76. The SMILES string of the molecule is O=C(O)NC[C@H]1CN(c2cc(F)c(N3CCSCC3)c(F)c2)C(=O)O1. The van der Waals surface area contributed by atoms with Crippen molar-refractivity contribution in [2.75, 3.05) is 47.5 Å². The van der Waals surface area contributed by atoms with Crippen LogP contribution in [-0.2, 0) is 4.74 Å². The lowest BCUT2D eigenvalue weighted by molar-refractivity contribution is 0.136. The molecule has 2 N–H and O–H groups in total. The monoisotopic (exact) mass is 373 g/mol. The fourth-order valence-electron chi connectivity index (χ4n) is 2.84. The molecule has 3 rings (SSSR count). The van der Waals surface area contributed by atoms with E-state index in [0.29, 0.717) is 13.1 Å². The number of thioether (sulfide) groups is 1. The molecule has 1 aromatic rings. The molecule has 2 fully saturated rings. The van der Waals surface area contributed by atoms with Gasteiger partial charge < -0.3 is 20.1 Å². The molecule has 25 heavy (non-hydrogen) atoms. The number of carboxylic acid groups (broad SMARTS) is 1. The van der Waals surface area contributed by atoms with E-state index in [2.05, 4.69) is 5.32 Å². The zero-order valence-corrected chi connectivity index (χ0v) is 14.0. The first-order valence-corrected chi connectivity index (χ1v) is 8.88. The summed E-state index contributed by atoms with van der Waals surface area (Å²) in [6, 6.07) is 2.21. The first-order chi connectivity index (χ1) is 12.0. The molecule has 0 aliphatic carbocycles. The summed E-state index contributed by atoms with van der Waals surface area (Å²) in [5.41, 5.74) is -0.0336. The van der Waals surface area contributed by atoms with Gasteiger partial charge in [-0.25, -0.2) is 18.4 Å². The normalized spacial score (nSPS) is 20.6. The summed E-state index contributed by atoms with van der Waals surface area (Å²) in [5, 5.41) is 10.7. The highest BCUT2D eigenvalue weighted by Crippen LogP contribution is 2.32. The molecule has 0 aromatic heterocycles. The molecule has 2 saturated heterocycles. The smallest absolute Gasteiger partial charge is 0.414 e. The first kappa shape index (κ1) is 17.6. The number of ether oxygens (including phenoxy) is 1. The summed E-state index contributed by atoms with van der Waals surface area (Å²) < 4.78 is 33.9. The molecule has 2 amide bonds. The third kappa shape index (κ3) is 3.89. The molecule has 1 atom stereocenters. The molecule has 0 spiro atoms. The van der Waals surface area contributed by atoms with Crippen LogP contribution < -0.4 is 15.1 Å². The van der Waals surface area contributed by atoms with Crippen LogP contribution in [0.15, 0.2) is 12.1 Å². The summed E-state index contributed by atoms with van der Waals surface area (Å²) in [7, 11) is 0. The van der Waals surface area contributed by atoms with E-state index in [-0.39, 0.29) is 24.5 Å². The number of cyclic esters (lactones) is 1. The number of halogens is 2. The number of rotatable bonds is 4. The van der Waals surface area contributed by atoms with Crippen molar-refractivity contribution < 1.29 is 28.2 Å². The van der Waals surface area contributed by atoms with Gasteiger partial charge in [0, 0.05) is 36.7 Å². The molecule has 136 valence electrons. The van der Waals surface area contributed by atoms with Gasteiger partial charge in [0.1, 0.15) is 11.8 Å². The molecular weight excluding hydrogens is 356 g/mol. The van der Waals surface area contributed by atoms with E-state index in [1.165, 1.54) is 0 Å². The fraction of sp³-hybridized carbons (Fsp3) is 0.467. The van der Waals surface area contributed by atoms with Gasteiger partial charge in [0.25, 0.3) is 0 Å². The molecule has 2 aliphatic heterocycles. The zero-order chi connectivity index (χ0) is 18.0. The van der Waals surface area contributed by atoms with Crippen molar-refractivity contribution in [3.8, 4) is 0 Å². The van der Waals surface area contributed by atoms with E-state index in [0.717, 1.165) is 28.5 Å². The number of anilines is 2. The lowest BCUT2D eigenvalue weighted by Gasteiger charge is -2.29. The van der Waals surface area contributed by atoms with E-state index in [1.54, 1.807) is 16.7 Å². The Morgan fingerprint density at radius 3 is 2.56 bits per heavy atom. The number of carbonyl (C=O) groups is 2. The summed E-state index contributed by atoms with van der Waals surface area (Å²) in [4.78, 5) is 25.2. The minimum atomic E-state index is -1.24. The summed E-state index contributed by atoms with van der Waals surface area (Å²) in [6.45, 7) is 1.04. The summed E-state index contributed by atoms with van der Waals surface area (Å²) in [6.07, 6.45) is -2.72. The van der Waals surface area contributed by atoms with Gasteiger partial charge in [0.15, 0.2) is 11.6 Å². The Bertz CT molecular complexity index is 662. The van der Waals surface area contributed by atoms with Crippen molar-refractivity contribution in [3.05, 3.63) is 23.8 Å². The number of benzene rings is 1. The molecule has 2 heterocycles. The van der Waals surface area contributed by atoms with Crippen LogP contribution in [0, 0.1) is 11.6 Å². The van der Waals surface area contributed by atoms with Crippen molar-refractivity contribution in [2.45, 2.75) is 6.10 Å². The van der Waals surface area contributed by atoms with E-state index < -0.39 is 29.9 Å². The average molecular weight is 373 g/mol. The van der Waals surface area contributed by atoms with Gasteiger partial charge in [-0.2, -0.15) is 11.8 Å². The van der Waals surface area contributed by atoms with Crippen LogP contribution in [-0.4, -0.2) is 61.1 Å². The minimum absolute atomic E-state index is 0.0116. The van der Waals surface area contributed by atoms with Crippen LogP contribution in [0.1, 0.15) is 0 Å². The van der Waals surface area contributed by atoms with Crippen LogP contribution in [0.5, 0.6) is 0 Å². The largest absolute Gasteiger partial charge is 0.465 e. The predicted octanol–water partition coefficient (Wildman–Crippen LogP) is 2.11. The number of hydrogen-bond donors (Lipinski definition) is 2. The second-order valence-corrected chi connectivity index (χ2v) is 6.88. The molecule has 0 unspecified atom stereocenters. The lowest BCUT2D eigenvalue weighted by atomic mass is 10.2. The van der Waals surface area contributed by atoms with E-state index in [4.69, 9.17) is 9.84 Å². The van der Waals surface area contributed by atoms with Crippen LogP contribution in [0.25, 0.3) is 0 Å². The van der Waals surface area contributed by atoms with Gasteiger partial charge in [-0.1, -0.05) is 0 Å². The molecule has 0 saturated carbocycles. The summed E-state index contributed by atoms with van der Waals surface area (Å²) >= 11 is 1.73. The first-order valence-electron chi connectivity index (χ1n) is 7.72. The highest BCUT2D eigenvalue weighted by Gasteiger charge is 2.34. The molecule has 0 bridgehead atoms. The fourth-order valence-corrected chi connectivity index (χ4v) is 3.74. The lowest BCUT2D eigenvalue weighted by Crippen LogP contribution is -2.34. The zero-order valence-electron chi connectivity index (χ0n) is 13.2. The number of nitrogens with one attached hydrogen (secondary N) is 1. The maximum Gasteiger partial charge on any atom is 0.414 e. The van der Waals surface area contributed by atoms with Crippen molar-refractivity contribution in [1.82, 2.24) is 5.32 Å². The van der Waals surface area contributed by atoms with Crippen molar-refractivity contribution in [3.63, 3.8) is 0 Å². The Morgan fingerprint density at radius 1 is 1.32 bits per heavy atom. The Kier molecular flexibility index (Phi) is 5.16. The molecule has 10 heteroatoms. The Labute approximate surface area is 146 Å². The van der Waals surface area contributed by atoms with Gasteiger partial charge in [0.05, 0.1) is 18.8 Å². The average Bonchev–Trinajstić information content (AvgIpc) is 2.94. The van der Waals surface area contributed by atoms with Crippen molar-refractivity contribution >= 4 is 35.3 Å². The molecule has 0 radical (unpaired) electrons. The maximum atomic E-state index is 14.5. The molecule has 1 aromatic carbocycles. The predicted molar refractivity (Wildman–Crippen MR) is 89.5 cm³/mol. The highest BCUT2D eigenvalue weighted by molar-refractivity contribution is 7.99. The second-order valence-electron chi connectivity index (χ2n) is 5.66. The van der Waals surface area contributed by atoms with Gasteiger partial charge >= 0.3 is 12.2 Å². The van der Waals surface area contributed by atoms with E-state index >= 15 is 0 Å². The molecular formula is C15H17F2N3O4S. The number of carbonyl (C=O) groups excluding carboxylic acids is 1. The third-order valence-corrected chi connectivity index (χ3v) is 4.94. The van der Waals surface area contributed by atoms with Crippen LogP contribution >= 0.6 is 11.8 Å². The number of amides is 2. The van der Waals surface area contributed by atoms with Crippen LogP contribution in [0.4, 0.5) is 29.7 Å². The number of nitrogens with zero attached hydrogens (tertiary/aromatic N) is 2. The minimum Gasteiger partial charge on any atom is -0.465 e. The van der Waals surface area contributed by atoms with Gasteiger partial charge in [-0.05, 0) is 0 Å². The third-order valence-electron chi connectivity index (χ3n) is 4.00. The maximum absolute atomic E-state index is 14.5. The standard InChI is InChI=1S/C15H17F2N3O4S/c16-11-5-9(6-12(17)13(11)19-1-3-25-4-2-19)20-8-10(24-15(20)23)7-18-14(21)22/h5-6,10,18H,1-4,7-8H2,(H,21,22)/t10-/m0/s1. The summed E-state index contributed by atoms with van der Waals surface area (Å²) in [5.74, 6) is 0.137. The quantitative estimate of drug-likeness (QED) is 0.841. The molecule has 7 nitrogen and oxygen atoms in total. The van der Waals surface area contributed by atoms with E-state index in [1.807, 2.05) is 0 Å². The Hall–Kier alpha value is -2.23. The molecule has 2 aliphatic rings. The Morgan fingerprint density at radius 2 is 1.96 bits per heavy atom. The van der Waals surface area contributed by atoms with Gasteiger partial charge in [-0.15, -0.1) is 0 Å². The van der Waals surface area contributed by atoms with Gasteiger partial charge in [0.2, 0.25) is 0 Å². The highest BCUT2D eigenvalue weighted by atomic mass is 32.2. The number of hydrogen-bond acceptors (Lipinski definition) is 5. The van der Waals surface area contributed by atoms with Gasteiger partial charge in [-0.3, -0.25) is 4.90 Å². The second kappa shape index (κ2) is 7.34.